The third-order valence-corrected chi connectivity index (χ3v) is 5.81. The fraction of sp³-hybridized carbons (Fsp3) is 0.200. The Kier molecular flexibility index (Phi) is 5.12. The van der Waals surface area contributed by atoms with E-state index in [1.807, 2.05) is 55.5 Å². The van der Waals surface area contributed by atoms with Gasteiger partial charge in [-0.1, -0.05) is 24.3 Å². The van der Waals surface area contributed by atoms with Crippen molar-refractivity contribution in [3.8, 4) is 5.69 Å². The van der Waals surface area contributed by atoms with Crippen LogP contribution in [0.3, 0.4) is 0 Å². The van der Waals surface area contributed by atoms with E-state index in [1.54, 1.807) is 11.0 Å². The van der Waals surface area contributed by atoms with Gasteiger partial charge in [-0.05, 0) is 36.8 Å². The standard InChI is InChI=1S/C20H19N5O2S/c1-13(14-6-8-15(9-7-14)25-12-21-11-22-25)23-19(26)10-18-20(27)24-16-4-2-3-5-17(16)28-18/h2-9,11-13,18H,10H2,1H3,(H,23,26)(H,24,27)/t13-,18-/m1/s1. The van der Waals surface area contributed by atoms with Crippen molar-refractivity contribution >= 4 is 29.3 Å². The molecule has 3 aromatic rings. The van der Waals surface area contributed by atoms with Crippen LogP contribution in [-0.4, -0.2) is 31.8 Å². The molecule has 0 bridgehead atoms. The highest BCUT2D eigenvalue weighted by Crippen LogP contribution is 2.36. The SMILES string of the molecule is C[C@@H](NC(=O)C[C@H]1Sc2ccccc2NC1=O)c1ccc(-n2cncn2)cc1. The summed E-state index contributed by atoms with van der Waals surface area (Å²) in [5.74, 6) is -0.288. The summed E-state index contributed by atoms with van der Waals surface area (Å²) in [6.07, 6.45) is 3.24. The summed E-state index contributed by atoms with van der Waals surface area (Å²) in [4.78, 5) is 29.7. The van der Waals surface area contributed by atoms with E-state index in [1.165, 1.54) is 18.1 Å². The summed E-state index contributed by atoms with van der Waals surface area (Å²) in [6, 6.07) is 15.2. The third-order valence-electron chi connectivity index (χ3n) is 4.53. The van der Waals surface area contributed by atoms with E-state index >= 15 is 0 Å². The molecule has 2 aromatic carbocycles. The van der Waals surface area contributed by atoms with Crippen molar-refractivity contribution in [2.75, 3.05) is 5.32 Å². The van der Waals surface area contributed by atoms with Crippen molar-refractivity contribution in [1.82, 2.24) is 20.1 Å². The second-order valence-electron chi connectivity index (χ2n) is 6.52. The molecule has 0 fully saturated rings. The Bertz CT molecular complexity index is 988. The van der Waals surface area contributed by atoms with Gasteiger partial charge in [-0.25, -0.2) is 9.67 Å². The van der Waals surface area contributed by atoms with Gasteiger partial charge in [0, 0.05) is 11.3 Å². The van der Waals surface area contributed by atoms with Crippen molar-refractivity contribution in [3.05, 3.63) is 66.7 Å². The van der Waals surface area contributed by atoms with Gasteiger partial charge in [0.15, 0.2) is 0 Å². The van der Waals surface area contributed by atoms with E-state index in [4.69, 9.17) is 0 Å². The molecule has 4 rings (SSSR count). The van der Waals surface area contributed by atoms with Crippen LogP contribution in [0.4, 0.5) is 5.69 Å². The Labute approximate surface area is 166 Å². The number of rotatable bonds is 5. The van der Waals surface area contributed by atoms with Gasteiger partial charge in [0.25, 0.3) is 0 Å². The van der Waals surface area contributed by atoms with E-state index in [-0.39, 0.29) is 24.3 Å². The fourth-order valence-corrected chi connectivity index (χ4v) is 4.15. The maximum absolute atomic E-state index is 12.5. The smallest absolute Gasteiger partial charge is 0.238 e. The first-order valence-corrected chi connectivity index (χ1v) is 9.79. The number of benzene rings is 2. The number of amides is 2. The zero-order chi connectivity index (χ0) is 19.5. The first-order valence-electron chi connectivity index (χ1n) is 8.91. The topological polar surface area (TPSA) is 88.9 Å². The van der Waals surface area contributed by atoms with Crippen molar-refractivity contribution in [3.63, 3.8) is 0 Å². The van der Waals surface area contributed by atoms with Gasteiger partial charge in [-0.3, -0.25) is 9.59 Å². The molecule has 142 valence electrons. The molecular weight excluding hydrogens is 374 g/mol. The minimum absolute atomic E-state index is 0.131. The van der Waals surface area contributed by atoms with Crippen LogP contribution >= 0.6 is 11.8 Å². The monoisotopic (exact) mass is 393 g/mol. The molecule has 0 saturated heterocycles. The second-order valence-corrected chi connectivity index (χ2v) is 7.76. The first kappa shape index (κ1) is 18.2. The molecule has 28 heavy (non-hydrogen) atoms. The van der Waals surface area contributed by atoms with Crippen molar-refractivity contribution in [2.24, 2.45) is 0 Å². The third kappa shape index (κ3) is 3.91. The summed E-state index contributed by atoms with van der Waals surface area (Å²) in [5, 5.41) is 9.50. The number of carbonyl (C=O) groups excluding carboxylic acids is 2. The van der Waals surface area contributed by atoms with E-state index in [0.717, 1.165) is 21.8 Å². The number of para-hydroxylation sites is 1. The molecular formula is C20H19N5O2S. The Morgan fingerprint density at radius 2 is 2.04 bits per heavy atom. The minimum Gasteiger partial charge on any atom is -0.350 e. The number of nitrogens with one attached hydrogen (secondary N) is 2. The predicted molar refractivity (Wildman–Crippen MR) is 107 cm³/mol. The molecule has 2 N–H and O–H groups in total. The van der Waals surface area contributed by atoms with Crippen molar-refractivity contribution in [2.45, 2.75) is 29.5 Å². The Morgan fingerprint density at radius 3 is 2.79 bits per heavy atom. The number of fused-ring (bicyclic) bond motifs is 1. The Balaban J connectivity index is 1.36. The summed E-state index contributed by atoms with van der Waals surface area (Å²) in [7, 11) is 0. The molecule has 0 spiro atoms. The first-order chi connectivity index (χ1) is 13.6. The lowest BCUT2D eigenvalue weighted by Crippen LogP contribution is -2.35. The lowest BCUT2D eigenvalue weighted by Gasteiger charge is -2.24. The fourth-order valence-electron chi connectivity index (χ4n) is 3.04. The number of carbonyl (C=O) groups is 2. The lowest BCUT2D eigenvalue weighted by molar-refractivity contribution is -0.124. The summed E-state index contributed by atoms with van der Waals surface area (Å²) >= 11 is 1.43. The van der Waals surface area contributed by atoms with Gasteiger partial charge in [-0.2, -0.15) is 5.10 Å². The quantitative estimate of drug-likeness (QED) is 0.696. The van der Waals surface area contributed by atoms with Crippen LogP contribution in [0.1, 0.15) is 24.9 Å². The van der Waals surface area contributed by atoms with E-state index in [9.17, 15) is 9.59 Å². The van der Waals surface area contributed by atoms with Crippen LogP contribution in [-0.2, 0) is 9.59 Å². The van der Waals surface area contributed by atoms with E-state index in [0.29, 0.717) is 0 Å². The zero-order valence-corrected chi connectivity index (χ0v) is 16.0. The predicted octanol–water partition coefficient (Wildman–Crippen LogP) is 2.95. The average Bonchev–Trinajstić information content (AvgIpc) is 3.23. The van der Waals surface area contributed by atoms with Gasteiger partial charge >= 0.3 is 0 Å². The highest BCUT2D eigenvalue weighted by molar-refractivity contribution is 8.01. The van der Waals surface area contributed by atoms with Crippen LogP contribution in [0.15, 0.2) is 66.1 Å². The normalized spacial score (nSPS) is 16.8. The van der Waals surface area contributed by atoms with Gasteiger partial charge in [-0.15, -0.1) is 11.8 Å². The Hall–Kier alpha value is -3.13. The molecule has 2 heterocycles. The number of nitrogens with zero attached hydrogens (tertiary/aromatic N) is 3. The average molecular weight is 393 g/mol. The molecule has 0 aliphatic carbocycles. The zero-order valence-electron chi connectivity index (χ0n) is 15.2. The highest BCUT2D eigenvalue weighted by atomic mass is 32.2. The summed E-state index contributed by atoms with van der Waals surface area (Å²) < 4.78 is 1.67. The molecule has 0 unspecified atom stereocenters. The lowest BCUT2D eigenvalue weighted by atomic mass is 10.1. The maximum atomic E-state index is 12.5. The van der Waals surface area contributed by atoms with E-state index < -0.39 is 5.25 Å². The molecule has 0 radical (unpaired) electrons. The molecule has 8 heteroatoms. The molecule has 0 saturated carbocycles. The van der Waals surface area contributed by atoms with E-state index in [2.05, 4.69) is 20.7 Å². The maximum Gasteiger partial charge on any atom is 0.238 e. The van der Waals surface area contributed by atoms with Gasteiger partial charge in [0.05, 0.1) is 22.7 Å². The van der Waals surface area contributed by atoms with Crippen LogP contribution in [0, 0.1) is 0 Å². The van der Waals surface area contributed by atoms with Crippen molar-refractivity contribution < 1.29 is 9.59 Å². The van der Waals surface area contributed by atoms with Crippen LogP contribution < -0.4 is 10.6 Å². The molecule has 1 aliphatic rings. The van der Waals surface area contributed by atoms with Gasteiger partial charge < -0.3 is 10.6 Å². The molecule has 2 atom stereocenters. The largest absolute Gasteiger partial charge is 0.350 e. The highest BCUT2D eigenvalue weighted by Gasteiger charge is 2.29. The minimum atomic E-state index is -0.434. The van der Waals surface area contributed by atoms with Crippen LogP contribution in [0.25, 0.3) is 5.69 Å². The number of anilines is 1. The van der Waals surface area contributed by atoms with Crippen LogP contribution in [0.5, 0.6) is 0 Å². The number of thioether (sulfide) groups is 1. The number of aromatic nitrogens is 3. The molecule has 1 aliphatic heterocycles. The number of hydrogen-bond donors (Lipinski definition) is 2. The van der Waals surface area contributed by atoms with Gasteiger partial charge in [0.1, 0.15) is 12.7 Å². The van der Waals surface area contributed by atoms with Crippen LogP contribution in [0.2, 0.25) is 0 Å². The molecule has 1 aromatic heterocycles. The number of hydrogen-bond acceptors (Lipinski definition) is 5. The molecule has 7 nitrogen and oxygen atoms in total. The second kappa shape index (κ2) is 7.85. The van der Waals surface area contributed by atoms with Gasteiger partial charge in [0.2, 0.25) is 11.8 Å². The summed E-state index contributed by atoms with van der Waals surface area (Å²) in [6.45, 7) is 1.92. The van der Waals surface area contributed by atoms with Crippen molar-refractivity contribution in [1.29, 1.82) is 0 Å². The Morgan fingerprint density at radius 1 is 1.25 bits per heavy atom. The summed E-state index contributed by atoms with van der Waals surface area (Å²) in [5.41, 5.74) is 2.67. The molecule has 2 amide bonds.